The molecule has 2 aromatic carbocycles. The van der Waals surface area contributed by atoms with Crippen LogP contribution in [-0.2, 0) is 0 Å². The van der Waals surface area contributed by atoms with Gasteiger partial charge in [0.15, 0.2) is 0 Å². The molecule has 0 saturated carbocycles. The number of hydrogen-bond acceptors (Lipinski definition) is 3. The third kappa shape index (κ3) is 2.29. The number of aromatic nitrogens is 5. The van der Waals surface area contributed by atoms with Crippen LogP contribution in [0.2, 0.25) is 0 Å². The summed E-state index contributed by atoms with van der Waals surface area (Å²) in [5.41, 5.74) is 5.50. The van der Waals surface area contributed by atoms with Crippen LogP contribution in [0.1, 0.15) is 0 Å². The van der Waals surface area contributed by atoms with Crippen molar-refractivity contribution in [1.82, 2.24) is 25.0 Å². The molecule has 0 unspecified atom stereocenters. The van der Waals surface area contributed by atoms with Gasteiger partial charge in [0.1, 0.15) is 12.7 Å². The van der Waals surface area contributed by atoms with E-state index in [1.807, 2.05) is 22.8 Å². The molecule has 106 valence electrons. The number of rotatable bonds is 3. The Labute approximate surface area is 127 Å². The van der Waals surface area contributed by atoms with E-state index >= 15 is 0 Å². The van der Waals surface area contributed by atoms with Crippen LogP contribution in [0.25, 0.3) is 28.1 Å². The van der Waals surface area contributed by atoms with Crippen molar-refractivity contribution in [3.05, 3.63) is 73.4 Å². The standard InChI is InChI=1S/C17H13N5/c1-2-15(10-16(3-1)22-11-19-20-12-22)13-4-6-14(7-5-13)17-8-9-18-21-17/h1-12H,(H,18,21). The Kier molecular flexibility index (Phi) is 3.01. The lowest BCUT2D eigenvalue weighted by molar-refractivity contribution is 1.06. The third-order valence-electron chi connectivity index (χ3n) is 3.59. The summed E-state index contributed by atoms with van der Waals surface area (Å²) < 4.78 is 1.89. The van der Waals surface area contributed by atoms with Crippen LogP contribution in [0.5, 0.6) is 0 Å². The Morgan fingerprint density at radius 3 is 2.27 bits per heavy atom. The van der Waals surface area contributed by atoms with Crippen molar-refractivity contribution in [2.75, 3.05) is 0 Å². The molecule has 5 nitrogen and oxygen atoms in total. The summed E-state index contributed by atoms with van der Waals surface area (Å²) in [4.78, 5) is 0. The van der Waals surface area contributed by atoms with Crippen LogP contribution in [0, 0.1) is 0 Å². The second-order valence-electron chi connectivity index (χ2n) is 4.97. The van der Waals surface area contributed by atoms with Gasteiger partial charge in [-0.05, 0) is 34.9 Å². The zero-order valence-corrected chi connectivity index (χ0v) is 11.7. The zero-order valence-electron chi connectivity index (χ0n) is 11.7. The second-order valence-corrected chi connectivity index (χ2v) is 4.97. The van der Waals surface area contributed by atoms with Gasteiger partial charge in [-0.25, -0.2) is 0 Å². The van der Waals surface area contributed by atoms with Crippen LogP contribution in [-0.4, -0.2) is 25.0 Å². The van der Waals surface area contributed by atoms with E-state index < -0.39 is 0 Å². The number of nitrogens with zero attached hydrogens (tertiary/aromatic N) is 4. The average Bonchev–Trinajstić information content (AvgIpc) is 3.29. The third-order valence-corrected chi connectivity index (χ3v) is 3.59. The molecule has 0 radical (unpaired) electrons. The minimum atomic E-state index is 1.02. The maximum Gasteiger partial charge on any atom is 0.123 e. The number of nitrogens with one attached hydrogen (secondary N) is 1. The van der Waals surface area contributed by atoms with Gasteiger partial charge in [0.25, 0.3) is 0 Å². The number of H-pyrrole nitrogens is 1. The van der Waals surface area contributed by atoms with Gasteiger partial charge in [0.05, 0.1) is 5.69 Å². The maximum atomic E-state index is 3.98. The predicted molar refractivity (Wildman–Crippen MR) is 84.4 cm³/mol. The SMILES string of the molecule is c1cc(-c2ccc(-c3ccn[nH]3)cc2)cc(-n2cnnc2)c1. The molecule has 0 spiro atoms. The van der Waals surface area contributed by atoms with Crippen molar-refractivity contribution >= 4 is 0 Å². The monoisotopic (exact) mass is 287 g/mol. The molecule has 2 heterocycles. The summed E-state index contributed by atoms with van der Waals surface area (Å²) in [5, 5.41) is 14.6. The minimum Gasteiger partial charge on any atom is -0.288 e. The van der Waals surface area contributed by atoms with E-state index in [0.717, 1.165) is 28.1 Å². The van der Waals surface area contributed by atoms with Gasteiger partial charge in [-0.2, -0.15) is 5.10 Å². The topological polar surface area (TPSA) is 59.4 Å². The van der Waals surface area contributed by atoms with Gasteiger partial charge in [-0.15, -0.1) is 10.2 Å². The molecule has 0 atom stereocenters. The smallest absolute Gasteiger partial charge is 0.123 e. The fraction of sp³-hybridized carbons (Fsp3) is 0. The highest BCUT2D eigenvalue weighted by molar-refractivity contribution is 5.70. The molecule has 0 aliphatic heterocycles. The van der Waals surface area contributed by atoms with E-state index in [0.29, 0.717) is 0 Å². The summed E-state index contributed by atoms with van der Waals surface area (Å²) in [7, 11) is 0. The summed E-state index contributed by atoms with van der Waals surface area (Å²) in [6.45, 7) is 0. The lowest BCUT2D eigenvalue weighted by Gasteiger charge is -2.06. The molecule has 5 heteroatoms. The molecule has 0 saturated heterocycles. The first-order valence-electron chi connectivity index (χ1n) is 6.95. The highest BCUT2D eigenvalue weighted by Crippen LogP contribution is 2.25. The highest BCUT2D eigenvalue weighted by atomic mass is 15.2. The summed E-state index contributed by atoms with van der Waals surface area (Å²) in [6.07, 6.45) is 5.15. The first kappa shape index (κ1) is 12.5. The van der Waals surface area contributed by atoms with Crippen molar-refractivity contribution in [3.63, 3.8) is 0 Å². The molecular formula is C17H13N5. The highest BCUT2D eigenvalue weighted by Gasteiger charge is 2.03. The van der Waals surface area contributed by atoms with E-state index in [9.17, 15) is 0 Å². The fourth-order valence-corrected chi connectivity index (χ4v) is 2.44. The maximum absolute atomic E-state index is 3.98. The summed E-state index contributed by atoms with van der Waals surface area (Å²) >= 11 is 0. The summed E-state index contributed by atoms with van der Waals surface area (Å²) in [6, 6.07) is 18.7. The zero-order chi connectivity index (χ0) is 14.8. The van der Waals surface area contributed by atoms with E-state index in [-0.39, 0.29) is 0 Å². The van der Waals surface area contributed by atoms with Gasteiger partial charge in [-0.3, -0.25) is 9.67 Å². The largest absolute Gasteiger partial charge is 0.288 e. The molecule has 4 aromatic rings. The quantitative estimate of drug-likeness (QED) is 0.629. The van der Waals surface area contributed by atoms with Crippen molar-refractivity contribution in [2.45, 2.75) is 0 Å². The van der Waals surface area contributed by atoms with E-state index in [1.54, 1.807) is 18.9 Å². The number of aromatic amines is 1. The van der Waals surface area contributed by atoms with Gasteiger partial charge in [0, 0.05) is 11.9 Å². The average molecular weight is 287 g/mol. The van der Waals surface area contributed by atoms with Crippen molar-refractivity contribution in [2.24, 2.45) is 0 Å². The van der Waals surface area contributed by atoms with E-state index in [1.165, 1.54) is 0 Å². The molecule has 0 aliphatic rings. The number of benzene rings is 2. The first-order valence-corrected chi connectivity index (χ1v) is 6.95. The summed E-state index contributed by atoms with van der Waals surface area (Å²) in [5.74, 6) is 0. The van der Waals surface area contributed by atoms with Crippen LogP contribution in [0.15, 0.2) is 73.4 Å². The van der Waals surface area contributed by atoms with Crippen LogP contribution in [0.4, 0.5) is 0 Å². The Hall–Kier alpha value is -3.21. The molecule has 1 N–H and O–H groups in total. The van der Waals surface area contributed by atoms with Gasteiger partial charge in [-0.1, -0.05) is 36.4 Å². The molecule has 4 rings (SSSR count). The van der Waals surface area contributed by atoms with Crippen molar-refractivity contribution in [3.8, 4) is 28.1 Å². The fourth-order valence-electron chi connectivity index (χ4n) is 2.44. The molecule has 2 aromatic heterocycles. The number of hydrogen-bond donors (Lipinski definition) is 1. The Bertz CT molecular complexity index is 862. The Balaban J connectivity index is 1.69. The molecule has 0 fully saturated rings. The Morgan fingerprint density at radius 2 is 1.55 bits per heavy atom. The normalized spacial score (nSPS) is 10.7. The lowest BCUT2D eigenvalue weighted by Crippen LogP contribution is -1.90. The Morgan fingerprint density at radius 1 is 0.773 bits per heavy atom. The van der Waals surface area contributed by atoms with Crippen LogP contribution in [0.3, 0.4) is 0 Å². The predicted octanol–water partition coefficient (Wildman–Crippen LogP) is 3.32. The van der Waals surface area contributed by atoms with Crippen molar-refractivity contribution in [1.29, 1.82) is 0 Å². The van der Waals surface area contributed by atoms with Crippen LogP contribution >= 0.6 is 0 Å². The molecule has 22 heavy (non-hydrogen) atoms. The minimum absolute atomic E-state index is 1.02. The molecule has 0 amide bonds. The lowest BCUT2D eigenvalue weighted by atomic mass is 10.0. The molecule has 0 bridgehead atoms. The van der Waals surface area contributed by atoms with E-state index in [2.05, 4.69) is 56.8 Å². The first-order chi connectivity index (χ1) is 10.9. The van der Waals surface area contributed by atoms with Crippen molar-refractivity contribution < 1.29 is 0 Å². The van der Waals surface area contributed by atoms with Gasteiger partial charge >= 0.3 is 0 Å². The van der Waals surface area contributed by atoms with Crippen LogP contribution < -0.4 is 0 Å². The van der Waals surface area contributed by atoms with Gasteiger partial charge < -0.3 is 0 Å². The van der Waals surface area contributed by atoms with E-state index in [4.69, 9.17) is 0 Å². The molecule has 0 aliphatic carbocycles. The second kappa shape index (κ2) is 5.29. The van der Waals surface area contributed by atoms with Gasteiger partial charge in [0.2, 0.25) is 0 Å². The molecular weight excluding hydrogens is 274 g/mol.